The van der Waals surface area contributed by atoms with Crippen molar-refractivity contribution in [3.05, 3.63) is 59.8 Å². The van der Waals surface area contributed by atoms with E-state index in [0.717, 1.165) is 37.3 Å². The molecule has 0 radical (unpaired) electrons. The monoisotopic (exact) mass is 336 g/mol. The molecular weight excluding hydrogens is 308 g/mol. The van der Waals surface area contributed by atoms with Gasteiger partial charge in [0, 0.05) is 19.3 Å². The van der Waals surface area contributed by atoms with Crippen LogP contribution in [0.3, 0.4) is 0 Å². The summed E-state index contributed by atoms with van der Waals surface area (Å²) >= 11 is 0. The lowest BCUT2D eigenvalue weighted by atomic mass is 9.84. The van der Waals surface area contributed by atoms with Crippen molar-refractivity contribution in [2.24, 2.45) is 11.8 Å². The summed E-state index contributed by atoms with van der Waals surface area (Å²) in [6.45, 7) is 8.68. The Morgan fingerprint density at radius 1 is 1.00 bits per heavy atom. The zero-order chi connectivity index (χ0) is 17.7. The zero-order valence-corrected chi connectivity index (χ0v) is 15.4. The van der Waals surface area contributed by atoms with Gasteiger partial charge in [-0.25, -0.2) is 4.98 Å². The second kappa shape index (κ2) is 5.84. The van der Waals surface area contributed by atoms with Crippen LogP contribution >= 0.6 is 0 Å². The Hall–Kier alpha value is -1.87. The van der Waals surface area contributed by atoms with Crippen molar-refractivity contribution >= 4 is 5.82 Å². The van der Waals surface area contributed by atoms with Crippen LogP contribution in [0.15, 0.2) is 48.7 Å². The summed E-state index contributed by atoms with van der Waals surface area (Å²) in [5, 5.41) is 11.3. The van der Waals surface area contributed by atoms with Gasteiger partial charge in [-0.1, -0.05) is 51.1 Å². The first-order chi connectivity index (χ1) is 11.9. The van der Waals surface area contributed by atoms with Gasteiger partial charge in [-0.15, -0.1) is 0 Å². The molecule has 2 unspecified atom stereocenters. The van der Waals surface area contributed by atoms with Gasteiger partial charge in [-0.3, -0.25) is 0 Å². The molecule has 2 heterocycles. The molecule has 1 aromatic heterocycles. The van der Waals surface area contributed by atoms with Crippen molar-refractivity contribution in [3.63, 3.8) is 0 Å². The summed E-state index contributed by atoms with van der Waals surface area (Å²) in [6.07, 6.45) is 3.57. The lowest BCUT2D eigenvalue weighted by molar-refractivity contribution is 0.0365. The Balaban J connectivity index is 1.48. The molecule has 2 aromatic rings. The molecule has 0 bridgehead atoms. The molecule has 2 aliphatic rings. The Bertz CT molecular complexity index is 719. The third-order valence-corrected chi connectivity index (χ3v) is 6.04. The number of rotatable bonds is 2. The number of aliphatic hydroxyl groups is 1. The van der Waals surface area contributed by atoms with Gasteiger partial charge in [0.2, 0.25) is 0 Å². The molecule has 3 nitrogen and oxygen atoms in total. The molecule has 1 aliphatic carbocycles. The van der Waals surface area contributed by atoms with E-state index in [9.17, 15) is 5.11 Å². The summed E-state index contributed by atoms with van der Waals surface area (Å²) in [5.41, 5.74) is 1.89. The first-order valence-electron chi connectivity index (χ1n) is 9.34. The number of benzene rings is 1. The molecular formula is C22H28N2O. The molecule has 132 valence electrons. The van der Waals surface area contributed by atoms with Gasteiger partial charge in [0.05, 0.1) is 5.60 Å². The van der Waals surface area contributed by atoms with Crippen molar-refractivity contribution in [1.29, 1.82) is 0 Å². The predicted molar refractivity (Wildman–Crippen MR) is 102 cm³/mol. The summed E-state index contributed by atoms with van der Waals surface area (Å²) in [5.74, 6) is 2.17. The first kappa shape index (κ1) is 16.6. The number of pyridine rings is 1. The Labute approximate surface area is 150 Å². The lowest BCUT2D eigenvalue weighted by Crippen LogP contribution is -2.28. The van der Waals surface area contributed by atoms with Gasteiger partial charge in [-0.05, 0) is 53.4 Å². The molecule has 1 saturated carbocycles. The van der Waals surface area contributed by atoms with Gasteiger partial charge in [-0.2, -0.15) is 0 Å². The number of anilines is 1. The van der Waals surface area contributed by atoms with E-state index in [1.807, 2.05) is 18.3 Å². The van der Waals surface area contributed by atoms with Crippen LogP contribution in [0.5, 0.6) is 0 Å². The highest BCUT2D eigenvalue weighted by atomic mass is 16.3. The summed E-state index contributed by atoms with van der Waals surface area (Å²) < 4.78 is 0. The van der Waals surface area contributed by atoms with E-state index in [0.29, 0.717) is 11.8 Å². The maximum atomic E-state index is 11.3. The largest absolute Gasteiger partial charge is 0.385 e. The molecule has 2 atom stereocenters. The van der Waals surface area contributed by atoms with Gasteiger partial charge >= 0.3 is 0 Å². The van der Waals surface area contributed by atoms with Crippen LogP contribution in [-0.2, 0) is 11.0 Å². The van der Waals surface area contributed by atoms with Crippen LogP contribution < -0.4 is 4.90 Å². The van der Waals surface area contributed by atoms with E-state index >= 15 is 0 Å². The average molecular weight is 336 g/mol. The Morgan fingerprint density at radius 3 is 2.16 bits per heavy atom. The topological polar surface area (TPSA) is 36.4 Å². The van der Waals surface area contributed by atoms with Crippen molar-refractivity contribution < 1.29 is 5.11 Å². The molecule has 1 aliphatic heterocycles. The van der Waals surface area contributed by atoms with E-state index in [4.69, 9.17) is 0 Å². The minimum Gasteiger partial charge on any atom is -0.385 e. The number of hydrogen-bond donors (Lipinski definition) is 1. The van der Waals surface area contributed by atoms with Gasteiger partial charge in [0.25, 0.3) is 0 Å². The number of fused-ring (bicyclic) bond motifs is 1. The van der Waals surface area contributed by atoms with E-state index in [1.54, 1.807) is 0 Å². The van der Waals surface area contributed by atoms with Crippen LogP contribution in [0.4, 0.5) is 5.82 Å². The van der Waals surface area contributed by atoms with Gasteiger partial charge in [0.15, 0.2) is 0 Å². The molecule has 1 aromatic carbocycles. The summed E-state index contributed by atoms with van der Waals surface area (Å²) in [7, 11) is 0. The molecule has 2 fully saturated rings. The standard InChI is InChI=1S/C22H28N2O/c1-21(2,3)18-7-9-19(10-8-18)22(25)12-16-14-24(15-17(16)13-22)20-6-4-5-11-23-20/h4-11,16-17,25H,12-15H2,1-3H3. The van der Waals surface area contributed by atoms with E-state index in [2.05, 4.69) is 61.0 Å². The normalized spacial score (nSPS) is 29.0. The first-order valence-corrected chi connectivity index (χ1v) is 9.34. The third kappa shape index (κ3) is 3.06. The molecule has 3 heteroatoms. The summed E-state index contributed by atoms with van der Waals surface area (Å²) in [6, 6.07) is 14.7. The van der Waals surface area contributed by atoms with Gasteiger partial charge in [0.1, 0.15) is 5.82 Å². The van der Waals surface area contributed by atoms with Crippen LogP contribution in [0, 0.1) is 11.8 Å². The lowest BCUT2D eigenvalue weighted by Gasteiger charge is -2.28. The molecule has 25 heavy (non-hydrogen) atoms. The second-order valence-corrected chi connectivity index (χ2v) is 8.88. The number of hydrogen-bond acceptors (Lipinski definition) is 3. The van der Waals surface area contributed by atoms with Crippen molar-refractivity contribution in [3.8, 4) is 0 Å². The van der Waals surface area contributed by atoms with Crippen molar-refractivity contribution in [2.75, 3.05) is 18.0 Å². The fraction of sp³-hybridized carbons (Fsp3) is 0.500. The smallest absolute Gasteiger partial charge is 0.128 e. The van der Waals surface area contributed by atoms with E-state index < -0.39 is 5.60 Å². The minimum absolute atomic E-state index is 0.149. The van der Waals surface area contributed by atoms with Crippen LogP contribution in [0.1, 0.15) is 44.7 Å². The Kier molecular flexibility index (Phi) is 3.88. The highest BCUT2D eigenvalue weighted by Crippen LogP contribution is 2.49. The second-order valence-electron chi connectivity index (χ2n) is 8.88. The fourth-order valence-electron chi connectivity index (χ4n) is 4.60. The fourth-order valence-corrected chi connectivity index (χ4v) is 4.60. The van der Waals surface area contributed by atoms with Crippen molar-refractivity contribution in [1.82, 2.24) is 4.98 Å². The molecule has 1 N–H and O–H groups in total. The molecule has 1 saturated heterocycles. The van der Waals surface area contributed by atoms with E-state index in [-0.39, 0.29) is 5.41 Å². The number of aromatic nitrogens is 1. The molecule has 0 spiro atoms. The van der Waals surface area contributed by atoms with Crippen LogP contribution in [-0.4, -0.2) is 23.2 Å². The predicted octanol–water partition coefficient (Wildman–Crippen LogP) is 4.11. The molecule has 0 amide bonds. The molecule has 4 rings (SSSR count). The van der Waals surface area contributed by atoms with Gasteiger partial charge < -0.3 is 10.0 Å². The Morgan fingerprint density at radius 2 is 1.64 bits per heavy atom. The quantitative estimate of drug-likeness (QED) is 0.896. The minimum atomic E-state index is -0.665. The average Bonchev–Trinajstić information content (AvgIpc) is 3.11. The van der Waals surface area contributed by atoms with Crippen LogP contribution in [0.25, 0.3) is 0 Å². The van der Waals surface area contributed by atoms with E-state index in [1.165, 1.54) is 5.56 Å². The summed E-state index contributed by atoms with van der Waals surface area (Å²) in [4.78, 5) is 6.85. The highest BCUT2D eigenvalue weighted by molar-refractivity contribution is 5.41. The maximum absolute atomic E-state index is 11.3. The van der Waals surface area contributed by atoms with Crippen LogP contribution in [0.2, 0.25) is 0 Å². The zero-order valence-electron chi connectivity index (χ0n) is 15.4. The third-order valence-electron chi connectivity index (χ3n) is 6.04. The maximum Gasteiger partial charge on any atom is 0.128 e. The highest BCUT2D eigenvalue weighted by Gasteiger charge is 2.49. The van der Waals surface area contributed by atoms with Crippen molar-refractivity contribution in [2.45, 2.75) is 44.6 Å². The SMILES string of the molecule is CC(C)(C)c1ccc(C2(O)CC3CN(c4ccccn4)CC3C2)cc1. The number of nitrogens with zero attached hydrogens (tertiary/aromatic N) is 2.